The number of carbonyl (C=O) groups excluding carboxylic acids is 1. The predicted molar refractivity (Wildman–Crippen MR) is 77.5 cm³/mol. The number of hydrogen-bond acceptors (Lipinski definition) is 3. The van der Waals surface area contributed by atoms with Crippen molar-refractivity contribution in [2.75, 3.05) is 25.0 Å². The summed E-state index contributed by atoms with van der Waals surface area (Å²) in [4.78, 5) is 13.8. The number of nitrogens with one attached hydrogen (secondary N) is 1. The fourth-order valence-corrected chi connectivity index (χ4v) is 3.09. The maximum Gasteiger partial charge on any atom is 0.238 e. The van der Waals surface area contributed by atoms with Gasteiger partial charge in [0.15, 0.2) is 0 Å². The third-order valence-corrected chi connectivity index (χ3v) is 3.97. The summed E-state index contributed by atoms with van der Waals surface area (Å²) < 4.78 is 1.79. The molecule has 1 aromatic carbocycles. The van der Waals surface area contributed by atoms with E-state index in [0.717, 1.165) is 27.6 Å². The van der Waals surface area contributed by atoms with Gasteiger partial charge in [0.1, 0.15) is 0 Å². The Balaban J connectivity index is 1.91. The molecule has 0 aliphatic carbocycles. The third kappa shape index (κ3) is 3.78. The molecule has 1 saturated heterocycles. The van der Waals surface area contributed by atoms with E-state index in [9.17, 15) is 9.90 Å². The van der Waals surface area contributed by atoms with E-state index >= 15 is 0 Å². The molecule has 1 aromatic rings. The first-order valence-electron chi connectivity index (χ1n) is 5.70. The van der Waals surface area contributed by atoms with Gasteiger partial charge in [-0.1, -0.05) is 15.9 Å². The molecular formula is C12H14Br2N2O2. The molecular weight excluding hydrogens is 364 g/mol. The van der Waals surface area contributed by atoms with Gasteiger partial charge in [-0.3, -0.25) is 9.69 Å². The monoisotopic (exact) mass is 376 g/mol. The highest BCUT2D eigenvalue weighted by atomic mass is 79.9. The summed E-state index contributed by atoms with van der Waals surface area (Å²) in [5.41, 5.74) is 0.753. The summed E-state index contributed by atoms with van der Waals surface area (Å²) >= 11 is 6.76. The number of anilines is 1. The quantitative estimate of drug-likeness (QED) is 0.849. The standard InChI is InChI=1S/C12H14Br2N2O2/c13-8-1-2-11(10(14)5-8)15-12(18)7-16-4-3-9(17)6-16/h1-2,5,9,17H,3-4,6-7H2,(H,15,18)/t9-/m0/s1. The summed E-state index contributed by atoms with van der Waals surface area (Å²) in [6.07, 6.45) is 0.451. The Morgan fingerprint density at radius 3 is 2.89 bits per heavy atom. The van der Waals surface area contributed by atoms with Crippen molar-refractivity contribution in [3.05, 3.63) is 27.1 Å². The van der Waals surface area contributed by atoms with E-state index in [0.29, 0.717) is 13.1 Å². The van der Waals surface area contributed by atoms with Gasteiger partial charge in [0.05, 0.1) is 18.3 Å². The Morgan fingerprint density at radius 2 is 2.28 bits per heavy atom. The van der Waals surface area contributed by atoms with Crippen LogP contribution in [0, 0.1) is 0 Å². The Hall–Kier alpha value is -0.430. The summed E-state index contributed by atoms with van der Waals surface area (Å²) in [5.74, 6) is -0.0628. The van der Waals surface area contributed by atoms with Crippen LogP contribution in [-0.4, -0.2) is 41.7 Å². The summed E-state index contributed by atoms with van der Waals surface area (Å²) in [6.45, 7) is 1.67. The number of carbonyl (C=O) groups is 1. The molecule has 4 nitrogen and oxygen atoms in total. The van der Waals surface area contributed by atoms with Crippen molar-refractivity contribution in [1.82, 2.24) is 4.90 Å². The Morgan fingerprint density at radius 1 is 1.50 bits per heavy atom. The molecule has 0 bridgehead atoms. The number of β-amino-alcohol motifs (C(OH)–C–C–N with tert-alkyl or cyclic N) is 1. The molecule has 6 heteroatoms. The molecule has 98 valence electrons. The molecule has 2 N–H and O–H groups in total. The van der Waals surface area contributed by atoms with Gasteiger partial charge in [-0.25, -0.2) is 0 Å². The lowest BCUT2D eigenvalue weighted by Crippen LogP contribution is -2.32. The van der Waals surface area contributed by atoms with Crippen LogP contribution in [-0.2, 0) is 4.79 Å². The zero-order valence-corrected chi connectivity index (χ0v) is 12.9. The van der Waals surface area contributed by atoms with Crippen LogP contribution in [0.3, 0.4) is 0 Å². The molecule has 2 rings (SSSR count). The number of rotatable bonds is 3. The Kier molecular flexibility index (Phi) is 4.77. The van der Waals surface area contributed by atoms with Crippen molar-refractivity contribution >= 4 is 43.5 Å². The molecule has 1 fully saturated rings. The van der Waals surface area contributed by atoms with Crippen LogP contribution in [0.25, 0.3) is 0 Å². The number of halogens is 2. The first-order chi connectivity index (χ1) is 8.54. The number of amides is 1. The first-order valence-corrected chi connectivity index (χ1v) is 7.28. The number of hydrogen-bond donors (Lipinski definition) is 2. The number of benzene rings is 1. The summed E-state index contributed by atoms with van der Waals surface area (Å²) in [6, 6.07) is 5.60. The van der Waals surface area contributed by atoms with Crippen molar-refractivity contribution in [1.29, 1.82) is 0 Å². The molecule has 1 aliphatic heterocycles. The lowest BCUT2D eigenvalue weighted by Gasteiger charge is -2.15. The van der Waals surface area contributed by atoms with Gasteiger partial charge in [0, 0.05) is 22.0 Å². The van der Waals surface area contributed by atoms with Gasteiger partial charge < -0.3 is 10.4 Å². The molecule has 1 atom stereocenters. The Labute approximate surface area is 123 Å². The van der Waals surface area contributed by atoms with E-state index in [-0.39, 0.29) is 12.0 Å². The fraction of sp³-hybridized carbons (Fsp3) is 0.417. The zero-order valence-electron chi connectivity index (χ0n) is 9.70. The van der Waals surface area contributed by atoms with Gasteiger partial charge in [-0.15, -0.1) is 0 Å². The maximum atomic E-state index is 11.8. The van der Waals surface area contributed by atoms with E-state index < -0.39 is 0 Å². The molecule has 1 aliphatic rings. The smallest absolute Gasteiger partial charge is 0.238 e. The fourth-order valence-electron chi connectivity index (χ4n) is 1.94. The minimum atomic E-state index is -0.294. The molecule has 0 saturated carbocycles. The van der Waals surface area contributed by atoms with E-state index in [1.807, 2.05) is 23.1 Å². The molecule has 1 amide bonds. The molecule has 1 heterocycles. The highest BCUT2D eigenvalue weighted by molar-refractivity contribution is 9.11. The van der Waals surface area contributed by atoms with E-state index in [2.05, 4.69) is 37.2 Å². The van der Waals surface area contributed by atoms with Crippen molar-refractivity contribution in [3.63, 3.8) is 0 Å². The van der Waals surface area contributed by atoms with E-state index in [1.54, 1.807) is 0 Å². The minimum Gasteiger partial charge on any atom is -0.392 e. The highest BCUT2D eigenvalue weighted by Crippen LogP contribution is 2.26. The molecule has 0 spiro atoms. The third-order valence-electron chi connectivity index (χ3n) is 2.82. The van der Waals surface area contributed by atoms with E-state index in [1.165, 1.54) is 0 Å². The van der Waals surface area contributed by atoms with E-state index in [4.69, 9.17) is 0 Å². The topological polar surface area (TPSA) is 52.6 Å². The van der Waals surface area contributed by atoms with Crippen molar-refractivity contribution in [3.8, 4) is 0 Å². The lowest BCUT2D eigenvalue weighted by atomic mass is 10.3. The second-order valence-electron chi connectivity index (χ2n) is 4.35. The average molecular weight is 378 g/mol. The van der Waals surface area contributed by atoms with Gasteiger partial charge in [0.25, 0.3) is 0 Å². The second-order valence-corrected chi connectivity index (χ2v) is 6.12. The summed E-state index contributed by atoms with van der Waals surface area (Å²) in [5, 5.41) is 12.2. The molecule has 18 heavy (non-hydrogen) atoms. The summed E-state index contributed by atoms with van der Waals surface area (Å²) in [7, 11) is 0. The van der Waals surface area contributed by atoms with Gasteiger partial charge >= 0.3 is 0 Å². The highest BCUT2D eigenvalue weighted by Gasteiger charge is 2.22. The van der Waals surface area contributed by atoms with Crippen molar-refractivity contribution < 1.29 is 9.90 Å². The number of aliphatic hydroxyl groups excluding tert-OH is 1. The molecule has 0 unspecified atom stereocenters. The van der Waals surface area contributed by atoms with Gasteiger partial charge in [-0.05, 0) is 40.5 Å². The predicted octanol–water partition coefficient (Wildman–Crippen LogP) is 2.22. The van der Waals surface area contributed by atoms with Crippen LogP contribution in [0.5, 0.6) is 0 Å². The number of aliphatic hydroxyl groups is 1. The normalized spacial score (nSPS) is 20.1. The number of nitrogens with zero attached hydrogens (tertiary/aromatic N) is 1. The first kappa shape index (κ1) is 14.0. The van der Waals surface area contributed by atoms with Crippen LogP contribution < -0.4 is 5.32 Å². The lowest BCUT2D eigenvalue weighted by molar-refractivity contribution is -0.117. The van der Waals surface area contributed by atoms with Crippen LogP contribution in [0.1, 0.15) is 6.42 Å². The SMILES string of the molecule is O=C(CN1CC[C@H](O)C1)Nc1ccc(Br)cc1Br. The van der Waals surface area contributed by atoms with Crippen molar-refractivity contribution in [2.45, 2.75) is 12.5 Å². The van der Waals surface area contributed by atoms with Gasteiger partial charge in [-0.2, -0.15) is 0 Å². The zero-order chi connectivity index (χ0) is 13.1. The van der Waals surface area contributed by atoms with Crippen LogP contribution in [0.2, 0.25) is 0 Å². The largest absolute Gasteiger partial charge is 0.392 e. The van der Waals surface area contributed by atoms with Crippen LogP contribution in [0.4, 0.5) is 5.69 Å². The average Bonchev–Trinajstić information content (AvgIpc) is 2.68. The molecule has 0 aromatic heterocycles. The second kappa shape index (κ2) is 6.14. The van der Waals surface area contributed by atoms with Gasteiger partial charge in [0.2, 0.25) is 5.91 Å². The Bertz CT molecular complexity index is 454. The van der Waals surface area contributed by atoms with Crippen LogP contribution in [0.15, 0.2) is 27.1 Å². The van der Waals surface area contributed by atoms with Crippen LogP contribution >= 0.6 is 31.9 Å². The number of likely N-dealkylation sites (tertiary alicyclic amines) is 1. The van der Waals surface area contributed by atoms with Crippen molar-refractivity contribution in [2.24, 2.45) is 0 Å². The maximum absolute atomic E-state index is 11.8. The molecule has 0 radical (unpaired) electrons. The minimum absolute atomic E-state index is 0.0628.